The summed E-state index contributed by atoms with van der Waals surface area (Å²) in [5.74, 6) is -2.80. The Hall–Kier alpha value is -1.92. The fourth-order valence-electron chi connectivity index (χ4n) is 0.654. The van der Waals surface area contributed by atoms with Crippen LogP contribution >= 0.6 is 0 Å². The molecule has 7 heteroatoms. The van der Waals surface area contributed by atoms with E-state index in [1.165, 1.54) is 18.4 Å². The highest BCUT2D eigenvalue weighted by molar-refractivity contribution is 5.10. The summed E-state index contributed by atoms with van der Waals surface area (Å²) in [7, 11) is 0. The van der Waals surface area contributed by atoms with E-state index in [9.17, 15) is 14.7 Å². The van der Waals surface area contributed by atoms with Crippen molar-refractivity contribution in [1.29, 1.82) is 0 Å². The predicted molar refractivity (Wildman–Crippen MR) is 37.8 cm³/mol. The van der Waals surface area contributed by atoms with Gasteiger partial charge in [0.2, 0.25) is 0 Å². The molecule has 0 amide bonds. The molecule has 0 saturated heterocycles. The first-order valence-electron chi connectivity index (χ1n) is 2.86. The van der Waals surface area contributed by atoms with Gasteiger partial charge in [-0.2, -0.15) is 0 Å². The Balaban J connectivity index is 3.18. The number of furan rings is 1. The maximum absolute atomic E-state index is 10.1. The fourth-order valence-corrected chi connectivity index (χ4v) is 0.654. The normalized spacial score (nSPS) is 10.7. The molecule has 0 N–H and O–H groups in total. The van der Waals surface area contributed by atoms with E-state index in [4.69, 9.17) is 0 Å². The van der Waals surface area contributed by atoms with Gasteiger partial charge in [0.15, 0.2) is 5.76 Å². The molecular formula is C5H3N3O4. The van der Waals surface area contributed by atoms with Crippen LogP contribution in [0.4, 0.5) is 0 Å². The molecule has 0 radical (unpaired) electrons. The van der Waals surface area contributed by atoms with Crippen molar-refractivity contribution in [1.82, 2.24) is 0 Å². The van der Waals surface area contributed by atoms with Crippen LogP contribution in [0.15, 0.2) is 38.3 Å². The van der Waals surface area contributed by atoms with E-state index in [0.29, 0.717) is 0 Å². The molecule has 0 aliphatic heterocycles. The minimum atomic E-state index is -2.51. The summed E-state index contributed by atoms with van der Waals surface area (Å²) in [6.07, 6.45) is 1.17. The molecule has 0 unspecified atom stereocenters. The van der Waals surface area contributed by atoms with Crippen LogP contribution in [0.2, 0.25) is 0 Å². The molecule has 0 saturated carbocycles. The zero-order chi connectivity index (χ0) is 9.03. The van der Waals surface area contributed by atoms with Gasteiger partial charge in [0.05, 0.1) is 6.26 Å². The Morgan fingerprint density at radius 2 is 1.75 bits per heavy atom. The highest BCUT2D eigenvalue weighted by Crippen LogP contribution is 2.28. The topological polar surface area (TPSA) is 101 Å². The van der Waals surface area contributed by atoms with E-state index in [2.05, 4.69) is 19.9 Å². The SMILES string of the molecule is O=NC(N=O)(N=O)c1ccco1. The molecular weight excluding hydrogens is 166 g/mol. The number of hydrogen-bond acceptors (Lipinski definition) is 7. The van der Waals surface area contributed by atoms with Crippen molar-refractivity contribution in [3.05, 3.63) is 38.9 Å². The molecule has 0 fully saturated rings. The van der Waals surface area contributed by atoms with Gasteiger partial charge in [-0.3, -0.25) is 0 Å². The molecule has 62 valence electrons. The van der Waals surface area contributed by atoms with Gasteiger partial charge in [0.1, 0.15) is 0 Å². The summed E-state index contributed by atoms with van der Waals surface area (Å²) in [5.41, 5.74) is 0. The third-order valence-electron chi connectivity index (χ3n) is 1.23. The number of hydrogen-bond donors (Lipinski definition) is 0. The smallest absolute Gasteiger partial charge is 0.414 e. The third kappa shape index (κ3) is 1.00. The standard InChI is InChI=1S/C5H3N3O4/c9-6-5(7-10,8-11)4-2-1-3-12-4/h1-3H. The van der Waals surface area contributed by atoms with Gasteiger partial charge in [0.25, 0.3) is 0 Å². The van der Waals surface area contributed by atoms with Crippen molar-refractivity contribution in [2.75, 3.05) is 0 Å². The minimum absolute atomic E-state index is 0.289. The molecule has 1 aromatic rings. The molecule has 0 atom stereocenters. The van der Waals surface area contributed by atoms with E-state index < -0.39 is 5.79 Å². The van der Waals surface area contributed by atoms with E-state index in [-0.39, 0.29) is 5.76 Å². The average Bonchev–Trinajstić information content (AvgIpc) is 2.62. The lowest BCUT2D eigenvalue weighted by atomic mass is 10.3. The largest absolute Gasteiger partial charge is 0.462 e. The maximum atomic E-state index is 10.1. The van der Waals surface area contributed by atoms with E-state index in [1.54, 1.807) is 0 Å². The highest BCUT2D eigenvalue weighted by atomic mass is 16.4. The molecule has 0 spiro atoms. The Labute approximate surface area is 65.7 Å². The zero-order valence-electron chi connectivity index (χ0n) is 5.71. The van der Waals surface area contributed by atoms with Crippen molar-refractivity contribution in [3.8, 4) is 0 Å². The first-order chi connectivity index (χ1) is 5.79. The Morgan fingerprint density at radius 1 is 1.17 bits per heavy atom. The highest BCUT2D eigenvalue weighted by Gasteiger charge is 2.40. The van der Waals surface area contributed by atoms with E-state index in [1.807, 2.05) is 0 Å². The Kier molecular flexibility index (Phi) is 2.04. The second-order valence-electron chi connectivity index (χ2n) is 1.89. The van der Waals surface area contributed by atoms with Gasteiger partial charge in [-0.1, -0.05) is 0 Å². The molecule has 0 aromatic carbocycles. The molecule has 1 heterocycles. The minimum Gasteiger partial charge on any atom is -0.462 e. The molecule has 7 nitrogen and oxygen atoms in total. The van der Waals surface area contributed by atoms with Gasteiger partial charge < -0.3 is 4.42 Å². The number of rotatable bonds is 4. The fraction of sp³-hybridized carbons (Fsp3) is 0.200. The Bertz CT molecular complexity index is 272. The molecule has 12 heavy (non-hydrogen) atoms. The predicted octanol–water partition coefficient (Wildman–Crippen LogP) is 1.69. The van der Waals surface area contributed by atoms with Crippen molar-refractivity contribution in [2.24, 2.45) is 15.5 Å². The molecule has 1 aromatic heterocycles. The second-order valence-corrected chi connectivity index (χ2v) is 1.89. The lowest BCUT2D eigenvalue weighted by Gasteiger charge is -2.03. The van der Waals surface area contributed by atoms with Gasteiger partial charge in [0, 0.05) is 15.5 Å². The zero-order valence-corrected chi connectivity index (χ0v) is 5.71. The lowest BCUT2D eigenvalue weighted by Crippen LogP contribution is -2.14. The maximum Gasteiger partial charge on any atom is 0.414 e. The summed E-state index contributed by atoms with van der Waals surface area (Å²) in [4.78, 5) is 30.3. The van der Waals surface area contributed by atoms with Crippen molar-refractivity contribution in [2.45, 2.75) is 5.79 Å². The summed E-state index contributed by atoms with van der Waals surface area (Å²) in [6, 6.07) is 2.59. The Morgan fingerprint density at radius 3 is 2.08 bits per heavy atom. The van der Waals surface area contributed by atoms with Crippen LogP contribution in [0.3, 0.4) is 0 Å². The monoisotopic (exact) mass is 169 g/mol. The van der Waals surface area contributed by atoms with Gasteiger partial charge in [-0.15, -0.1) is 14.7 Å². The van der Waals surface area contributed by atoms with Crippen LogP contribution in [0, 0.1) is 14.7 Å². The number of nitroso groups, excluding NO2 is 3. The molecule has 0 bridgehead atoms. The summed E-state index contributed by atoms with van der Waals surface area (Å²) in [5, 5.41) is 6.59. The van der Waals surface area contributed by atoms with E-state index >= 15 is 0 Å². The van der Waals surface area contributed by atoms with Crippen LogP contribution in [-0.4, -0.2) is 0 Å². The van der Waals surface area contributed by atoms with Crippen LogP contribution in [0.5, 0.6) is 0 Å². The van der Waals surface area contributed by atoms with Crippen molar-refractivity contribution in [3.63, 3.8) is 0 Å². The molecule has 0 aliphatic carbocycles. The van der Waals surface area contributed by atoms with Crippen molar-refractivity contribution >= 4 is 0 Å². The van der Waals surface area contributed by atoms with Crippen LogP contribution in [0.25, 0.3) is 0 Å². The van der Waals surface area contributed by atoms with Crippen LogP contribution in [-0.2, 0) is 5.79 Å². The van der Waals surface area contributed by atoms with Crippen LogP contribution in [0.1, 0.15) is 5.76 Å². The number of nitrogens with zero attached hydrogens (tertiary/aromatic N) is 3. The van der Waals surface area contributed by atoms with Crippen LogP contribution < -0.4 is 0 Å². The summed E-state index contributed by atoms with van der Waals surface area (Å²) in [6.45, 7) is 0. The molecule has 1 rings (SSSR count). The molecule has 0 aliphatic rings. The first-order valence-corrected chi connectivity index (χ1v) is 2.86. The summed E-state index contributed by atoms with van der Waals surface area (Å²) >= 11 is 0. The summed E-state index contributed by atoms with van der Waals surface area (Å²) < 4.78 is 4.59. The third-order valence-corrected chi connectivity index (χ3v) is 1.23. The average molecular weight is 169 g/mol. The lowest BCUT2D eigenvalue weighted by molar-refractivity contribution is 0.362. The van der Waals surface area contributed by atoms with Crippen molar-refractivity contribution < 1.29 is 4.42 Å². The first kappa shape index (κ1) is 8.18. The second kappa shape index (κ2) is 2.99. The van der Waals surface area contributed by atoms with E-state index in [0.717, 1.165) is 0 Å². The van der Waals surface area contributed by atoms with Gasteiger partial charge in [-0.05, 0) is 12.1 Å². The van der Waals surface area contributed by atoms with Gasteiger partial charge >= 0.3 is 5.79 Å². The quantitative estimate of drug-likeness (QED) is 0.639. The van der Waals surface area contributed by atoms with Gasteiger partial charge in [-0.25, -0.2) is 0 Å².